The minimum atomic E-state index is -1.06. The number of halogens is 4. The third-order valence-corrected chi connectivity index (χ3v) is 7.95. The Morgan fingerprint density at radius 2 is 0.884 bits per heavy atom. The topological polar surface area (TPSA) is 174 Å². The molecule has 0 saturated heterocycles. The van der Waals surface area contributed by atoms with E-state index in [4.69, 9.17) is 40.1 Å². The number of aliphatic hydroxyl groups excluding tert-OH is 4. The standard InChI is InChI=1S/C19H20Br4O4.C8H6O4.C2H6O2/c1-19(2,11-7-13(20)17(14(21)8-11)26-5-3-24)12-9-15(22)18(16(23)10-12)27-6-4-25;9-7(10)5-1-2-6(4-3-5)8(11)12;3-1-2-4/h7-10,24-25H,3-6H2,1-2H3;1-4H,(H,9,10)(H,11,12);3-4H,1-2H2. The molecule has 0 aliphatic heterocycles. The molecule has 0 heterocycles. The van der Waals surface area contributed by atoms with Crippen molar-refractivity contribution in [2.24, 2.45) is 0 Å². The summed E-state index contributed by atoms with van der Waals surface area (Å²) in [7, 11) is 0. The van der Waals surface area contributed by atoms with Crippen molar-refractivity contribution in [1.82, 2.24) is 0 Å². The zero-order valence-corrected chi connectivity index (χ0v) is 29.5. The molecule has 43 heavy (non-hydrogen) atoms. The highest BCUT2D eigenvalue weighted by Crippen LogP contribution is 2.44. The van der Waals surface area contributed by atoms with Gasteiger partial charge in [-0.1, -0.05) is 13.8 Å². The summed E-state index contributed by atoms with van der Waals surface area (Å²) in [6.45, 7) is 4.40. The summed E-state index contributed by atoms with van der Waals surface area (Å²) in [5.41, 5.74) is 2.03. The number of rotatable bonds is 11. The number of carboxylic acids is 2. The lowest BCUT2D eigenvalue weighted by Crippen LogP contribution is -2.19. The van der Waals surface area contributed by atoms with E-state index in [1.807, 2.05) is 24.3 Å². The van der Waals surface area contributed by atoms with Gasteiger partial charge in [0.2, 0.25) is 0 Å². The van der Waals surface area contributed by atoms with Crippen LogP contribution in [0.3, 0.4) is 0 Å². The second-order valence-corrected chi connectivity index (χ2v) is 12.4. The lowest BCUT2D eigenvalue weighted by Gasteiger charge is -2.28. The Hall–Kier alpha value is -2.04. The Bertz CT molecular complexity index is 1200. The molecule has 0 fully saturated rings. The van der Waals surface area contributed by atoms with Crippen LogP contribution in [0.2, 0.25) is 0 Å². The molecule has 6 N–H and O–H groups in total. The number of ether oxygens (including phenoxy) is 2. The maximum absolute atomic E-state index is 10.3. The average Bonchev–Trinajstić information content (AvgIpc) is 2.96. The van der Waals surface area contributed by atoms with E-state index in [-0.39, 0.29) is 56.2 Å². The molecule has 3 rings (SSSR count). The third-order valence-electron chi connectivity index (χ3n) is 5.59. The van der Waals surface area contributed by atoms with Crippen LogP contribution in [0.25, 0.3) is 0 Å². The molecule has 0 aromatic heterocycles. The van der Waals surface area contributed by atoms with E-state index in [2.05, 4.69) is 77.6 Å². The summed E-state index contributed by atoms with van der Waals surface area (Å²) in [5.74, 6) is -0.795. The van der Waals surface area contributed by atoms with Crippen molar-refractivity contribution in [2.45, 2.75) is 19.3 Å². The summed E-state index contributed by atoms with van der Waals surface area (Å²) < 4.78 is 14.4. The van der Waals surface area contributed by atoms with Gasteiger partial charge in [-0.3, -0.25) is 0 Å². The number of aromatic carboxylic acids is 2. The highest BCUT2D eigenvalue weighted by Gasteiger charge is 2.27. The number of benzene rings is 3. The quantitative estimate of drug-likeness (QED) is 0.137. The van der Waals surface area contributed by atoms with Crippen molar-refractivity contribution in [2.75, 3.05) is 39.6 Å². The van der Waals surface area contributed by atoms with Gasteiger partial charge >= 0.3 is 11.9 Å². The summed E-state index contributed by atoms with van der Waals surface area (Å²) in [6.07, 6.45) is 0. The minimum absolute atomic E-state index is 0.0428. The molecule has 10 nitrogen and oxygen atoms in total. The van der Waals surface area contributed by atoms with Gasteiger partial charge in [0.15, 0.2) is 0 Å². The molecule has 3 aromatic rings. The summed E-state index contributed by atoms with van der Waals surface area (Å²) in [6, 6.07) is 13.1. The predicted octanol–water partition coefficient (Wildman–Crippen LogP) is 5.86. The van der Waals surface area contributed by atoms with Gasteiger partial charge in [0.05, 0.1) is 55.4 Å². The van der Waals surface area contributed by atoms with Crippen LogP contribution in [0.1, 0.15) is 45.7 Å². The molecule has 0 radical (unpaired) electrons. The van der Waals surface area contributed by atoms with E-state index in [9.17, 15) is 9.59 Å². The Morgan fingerprint density at radius 3 is 1.09 bits per heavy atom. The minimum Gasteiger partial charge on any atom is -0.489 e. The molecule has 0 bridgehead atoms. The monoisotopic (exact) mass is 856 g/mol. The first-order valence-electron chi connectivity index (χ1n) is 12.5. The molecule has 0 spiro atoms. The van der Waals surface area contributed by atoms with E-state index in [1.54, 1.807) is 0 Å². The normalized spacial score (nSPS) is 10.6. The second-order valence-electron chi connectivity index (χ2n) is 8.94. The SMILES string of the molecule is CC(C)(c1cc(Br)c(OCCO)c(Br)c1)c1cc(Br)c(OCCO)c(Br)c1.O=C(O)c1ccc(C(=O)O)cc1.OCCO. The fourth-order valence-corrected chi connectivity index (χ4v) is 6.17. The van der Waals surface area contributed by atoms with Crippen molar-refractivity contribution in [3.8, 4) is 11.5 Å². The average molecular weight is 860 g/mol. The van der Waals surface area contributed by atoms with Gasteiger partial charge in [0, 0.05) is 5.41 Å². The molecule has 0 saturated carbocycles. The largest absolute Gasteiger partial charge is 0.489 e. The molecule has 236 valence electrons. The predicted molar refractivity (Wildman–Crippen MR) is 176 cm³/mol. The Kier molecular flexibility index (Phi) is 17.6. The Balaban J connectivity index is 0.000000476. The van der Waals surface area contributed by atoms with Gasteiger partial charge in [0.1, 0.15) is 24.7 Å². The van der Waals surface area contributed by atoms with E-state index < -0.39 is 11.9 Å². The maximum Gasteiger partial charge on any atom is 0.335 e. The van der Waals surface area contributed by atoms with Gasteiger partial charge in [-0.25, -0.2) is 9.59 Å². The molecule has 0 aliphatic rings. The molecule has 0 unspecified atom stereocenters. The van der Waals surface area contributed by atoms with E-state index in [1.165, 1.54) is 24.3 Å². The van der Waals surface area contributed by atoms with Gasteiger partial charge < -0.3 is 40.1 Å². The Morgan fingerprint density at radius 1 is 0.605 bits per heavy atom. The van der Waals surface area contributed by atoms with E-state index >= 15 is 0 Å². The van der Waals surface area contributed by atoms with Gasteiger partial charge in [-0.05, 0) is 123 Å². The fourth-order valence-electron chi connectivity index (χ4n) is 3.33. The van der Waals surface area contributed by atoms with Gasteiger partial charge in [0.25, 0.3) is 0 Å². The van der Waals surface area contributed by atoms with Crippen molar-refractivity contribution >= 4 is 75.7 Å². The van der Waals surface area contributed by atoms with Crippen molar-refractivity contribution < 1.29 is 49.7 Å². The molecular weight excluding hydrogens is 828 g/mol. The Labute approximate surface area is 282 Å². The highest BCUT2D eigenvalue weighted by molar-refractivity contribution is 9.11. The summed E-state index contributed by atoms with van der Waals surface area (Å²) >= 11 is 14.3. The smallest absolute Gasteiger partial charge is 0.335 e. The molecule has 3 aromatic carbocycles. The maximum atomic E-state index is 10.3. The molecule has 14 heteroatoms. The first-order valence-corrected chi connectivity index (χ1v) is 15.7. The third kappa shape index (κ3) is 12.1. The lowest BCUT2D eigenvalue weighted by atomic mass is 9.78. The number of carboxylic acid groups (broad SMARTS) is 2. The number of hydrogen-bond donors (Lipinski definition) is 6. The number of hydrogen-bond acceptors (Lipinski definition) is 8. The molecular formula is C29H32Br4O10. The number of carbonyl (C=O) groups is 2. The fraction of sp³-hybridized carbons (Fsp3) is 0.310. The summed E-state index contributed by atoms with van der Waals surface area (Å²) in [4.78, 5) is 20.7. The molecule has 0 aliphatic carbocycles. The van der Waals surface area contributed by atoms with Crippen LogP contribution in [0.4, 0.5) is 0 Å². The van der Waals surface area contributed by atoms with Crippen LogP contribution in [0.15, 0.2) is 66.4 Å². The van der Waals surface area contributed by atoms with Crippen LogP contribution in [-0.4, -0.2) is 82.2 Å². The van der Waals surface area contributed by atoms with E-state index in [0.717, 1.165) is 29.0 Å². The molecule has 0 atom stereocenters. The van der Waals surface area contributed by atoms with Crippen molar-refractivity contribution in [1.29, 1.82) is 0 Å². The number of aliphatic hydroxyl groups is 4. The van der Waals surface area contributed by atoms with Crippen LogP contribution in [0.5, 0.6) is 11.5 Å². The lowest BCUT2D eigenvalue weighted by molar-refractivity contribution is 0.0681. The van der Waals surface area contributed by atoms with Gasteiger partial charge in [-0.2, -0.15) is 0 Å². The van der Waals surface area contributed by atoms with Crippen LogP contribution in [0, 0.1) is 0 Å². The van der Waals surface area contributed by atoms with Crippen LogP contribution >= 0.6 is 63.7 Å². The zero-order valence-electron chi connectivity index (χ0n) is 23.2. The first kappa shape index (κ1) is 39.0. The zero-order chi connectivity index (χ0) is 32.7. The van der Waals surface area contributed by atoms with Gasteiger partial charge in [-0.15, -0.1) is 0 Å². The first-order chi connectivity index (χ1) is 20.2. The van der Waals surface area contributed by atoms with E-state index in [0.29, 0.717) is 11.5 Å². The van der Waals surface area contributed by atoms with Crippen molar-refractivity contribution in [3.63, 3.8) is 0 Å². The highest BCUT2D eigenvalue weighted by atomic mass is 79.9. The van der Waals surface area contributed by atoms with Crippen molar-refractivity contribution in [3.05, 3.63) is 88.7 Å². The van der Waals surface area contributed by atoms with Crippen LogP contribution in [-0.2, 0) is 5.41 Å². The second kappa shape index (κ2) is 19.4. The molecule has 0 amide bonds. The summed E-state index contributed by atoms with van der Waals surface area (Å²) in [5, 5.41) is 50.1. The van der Waals surface area contributed by atoms with Crippen LogP contribution < -0.4 is 9.47 Å².